The fourth-order valence-electron chi connectivity index (χ4n) is 2.13. The second kappa shape index (κ2) is 4.63. The summed E-state index contributed by atoms with van der Waals surface area (Å²) in [7, 11) is 0. The van der Waals surface area contributed by atoms with Gasteiger partial charge in [-0.05, 0) is 26.3 Å². The molecule has 0 radical (unpaired) electrons. The van der Waals surface area contributed by atoms with Crippen LogP contribution >= 0.6 is 0 Å². The van der Waals surface area contributed by atoms with Gasteiger partial charge in [-0.15, -0.1) is 0 Å². The molecule has 0 fully saturated rings. The number of fused-ring (bicyclic) bond motifs is 1. The summed E-state index contributed by atoms with van der Waals surface area (Å²) >= 11 is 0. The van der Waals surface area contributed by atoms with Crippen molar-refractivity contribution >= 4 is 11.6 Å². The molecule has 1 aromatic carbocycles. The molecule has 1 aliphatic rings. The Kier molecular flexibility index (Phi) is 3.20. The number of Topliss-reactive ketones (excluding diaryl/α,β-unsaturated/α-hetero) is 2. The molecule has 0 aliphatic heterocycles. The van der Waals surface area contributed by atoms with E-state index in [0.717, 1.165) is 6.42 Å². The van der Waals surface area contributed by atoms with Gasteiger partial charge in [0, 0.05) is 22.3 Å². The van der Waals surface area contributed by atoms with Crippen LogP contribution in [0.3, 0.4) is 0 Å². The molecule has 0 unspecified atom stereocenters. The van der Waals surface area contributed by atoms with Crippen LogP contribution in [0.2, 0.25) is 0 Å². The Morgan fingerprint density at radius 2 is 1.65 bits per heavy atom. The smallest absolute Gasteiger partial charge is 0.190 e. The molecule has 0 aromatic heterocycles. The number of carbonyl (C=O) groups excluding carboxylic acids is 2. The number of allylic oxidation sites excluding steroid dienone is 2. The van der Waals surface area contributed by atoms with Crippen molar-refractivity contribution < 1.29 is 9.59 Å². The number of hydrogen-bond acceptors (Lipinski definition) is 3. The number of hydrogen-bond donors (Lipinski definition) is 1. The minimum Gasteiger partial charge on any atom is -0.330 e. The van der Waals surface area contributed by atoms with E-state index < -0.39 is 0 Å². The lowest BCUT2D eigenvalue weighted by molar-refractivity contribution is 0.0971. The highest BCUT2D eigenvalue weighted by molar-refractivity contribution is 6.26. The molecule has 88 valence electrons. The van der Waals surface area contributed by atoms with E-state index in [4.69, 9.17) is 5.73 Å². The Bertz CT molecular complexity index is 515. The van der Waals surface area contributed by atoms with Crippen LogP contribution in [0.1, 0.15) is 40.5 Å². The molecule has 0 amide bonds. The predicted octanol–water partition coefficient (Wildman–Crippen LogP) is 2.12. The molecule has 0 spiro atoms. The summed E-state index contributed by atoms with van der Waals surface area (Å²) in [6.07, 6.45) is 1.31. The molecular formula is C14H15NO2. The van der Waals surface area contributed by atoms with E-state index in [9.17, 15) is 9.59 Å². The number of nitrogens with two attached hydrogens (primary N) is 1. The minimum atomic E-state index is -0.0350. The molecule has 1 aliphatic carbocycles. The van der Waals surface area contributed by atoms with Crippen LogP contribution < -0.4 is 5.73 Å². The summed E-state index contributed by atoms with van der Waals surface area (Å²) in [5.74, 6) is -0.0571. The van der Waals surface area contributed by atoms with Crippen molar-refractivity contribution in [2.75, 3.05) is 6.54 Å². The normalized spacial score (nSPS) is 15.2. The maximum atomic E-state index is 12.2. The largest absolute Gasteiger partial charge is 0.330 e. The van der Waals surface area contributed by atoms with Gasteiger partial charge in [0.25, 0.3) is 0 Å². The highest BCUT2D eigenvalue weighted by Gasteiger charge is 2.28. The van der Waals surface area contributed by atoms with E-state index in [0.29, 0.717) is 35.2 Å². The summed E-state index contributed by atoms with van der Waals surface area (Å²) < 4.78 is 0. The quantitative estimate of drug-likeness (QED) is 0.863. The first kappa shape index (κ1) is 11.7. The van der Waals surface area contributed by atoms with Gasteiger partial charge in [0.2, 0.25) is 0 Å². The zero-order valence-corrected chi connectivity index (χ0v) is 9.82. The summed E-state index contributed by atoms with van der Waals surface area (Å²) in [6.45, 7) is 2.25. The van der Waals surface area contributed by atoms with Gasteiger partial charge in [0.1, 0.15) is 0 Å². The number of benzene rings is 1. The molecule has 0 heterocycles. The third kappa shape index (κ3) is 1.94. The highest BCUT2D eigenvalue weighted by Crippen LogP contribution is 2.28. The summed E-state index contributed by atoms with van der Waals surface area (Å²) in [4.78, 5) is 24.3. The average molecular weight is 229 g/mol. The first-order valence-corrected chi connectivity index (χ1v) is 5.75. The SMILES string of the molecule is CC1=C(CCCN)C(=O)c2ccccc2C1=O. The Balaban J connectivity index is 2.47. The van der Waals surface area contributed by atoms with Gasteiger partial charge in [-0.3, -0.25) is 9.59 Å². The number of rotatable bonds is 3. The van der Waals surface area contributed by atoms with Crippen molar-refractivity contribution in [1.82, 2.24) is 0 Å². The van der Waals surface area contributed by atoms with Gasteiger partial charge < -0.3 is 5.73 Å². The standard InChI is InChI=1S/C14H15NO2/c1-9-10(7-4-8-15)14(17)12-6-3-2-5-11(12)13(9)16/h2-3,5-6H,4,7-8,15H2,1H3. The molecule has 0 saturated carbocycles. The molecule has 0 saturated heterocycles. The lowest BCUT2D eigenvalue weighted by Gasteiger charge is -2.18. The Morgan fingerprint density at radius 1 is 1.06 bits per heavy atom. The topological polar surface area (TPSA) is 60.2 Å². The molecule has 3 nitrogen and oxygen atoms in total. The molecule has 0 atom stereocenters. The van der Waals surface area contributed by atoms with E-state index in [1.54, 1.807) is 31.2 Å². The molecule has 2 rings (SSSR count). The van der Waals surface area contributed by atoms with Crippen molar-refractivity contribution in [3.63, 3.8) is 0 Å². The van der Waals surface area contributed by atoms with Crippen LogP contribution in [-0.2, 0) is 0 Å². The lowest BCUT2D eigenvalue weighted by Crippen LogP contribution is -2.21. The summed E-state index contributed by atoms with van der Waals surface area (Å²) in [5.41, 5.74) is 7.69. The Hall–Kier alpha value is -1.74. The molecule has 2 N–H and O–H groups in total. The second-order valence-electron chi connectivity index (χ2n) is 4.20. The van der Waals surface area contributed by atoms with E-state index in [-0.39, 0.29) is 11.6 Å². The van der Waals surface area contributed by atoms with Gasteiger partial charge in [0.05, 0.1) is 0 Å². The lowest BCUT2D eigenvalue weighted by atomic mass is 9.83. The molecular weight excluding hydrogens is 214 g/mol. The van der Waals surface area contributed by atoms with Crippen molar-refractivity contribution in [3.05, 3.63) is 46.5 Å². The first-order chi connectivity index (χ1) is 8.16. The van der Waals surface area contributed by atoms with E-state index in [1.807, 2.05) is 0 Å². The Labute approximate surface area is 100 Å². The first-order valence-electron chi connectivity index (χ1n) is 5.75. The second-order valence-corrected chi connectivity index (χ2v) is 4.20. The van der Waals surface area contributed by atoms with E-state index in [2.05, 4.69) is 0 Å². The van der Waals surface area contributed by atoms with Crippen LogP contribution in [0.25, 0.3) is 0 Å². The van der Waals surface area contributed by atoms with Crippen LogP contribution in [0.15, 0.2) is 35.4 Å². The van der Waals surface area contributed by atoms with Gasteiger partial charge in [0.15, 0.2) is 11.6 Å². The Morgan fingerprint density at radius 3 is 2.24 bits per heavy atom. The van der Waals surface area contributed by atoms with Gasteiger partial charge in [-0.1, -0.05) is 24.3 Å². The molecule has 0 bridgehead atoms. The third-order valence-electron chi connectivity index (χ3n) is 3.11. The summed E-state index contributed by atoms with van der Waals surface area (Å²) in [5, 5.41) is 0. The number of carbonyl (C=O) groups is 2. The molecule has 17 heavy (non-hydrogen) atoms. The van der Waals surface area contributed by atoms with Crippen LogP contribution in [0.4, 0.5) is 0 Å². The maximum absolute atomic E-state index is 12.2. The van der Waals surface area contributed by atoms with Crippen LogP contribution in [0.5, 0.6) is 0 Å². The zero-order chi connectivity index (χ0) is 12.4. The fraction of sp³-hybridized carbons (Fsp3) is 0.286. The van der Waals surface area contributed by atoms with Gasteiger partial charge in [-0.2, -0.15) is 0 Å². The highest BCUT2D eigenvalue weighted by atomic mass is 16.1. The average Bonchev–Trinajstić information content (AvgIpc) is 2.36. The van der Waals surface area contributed by atoms with Crippen molar-refractivity contribution in [2.45, 2.75) is 19.8 Å². The zero-order valence-electron chi connectivity index (χ0n) is 9.82. The monoisotopic (exact) mass is 229 g/mol. The third-order valence-corrected chi connectivity index (χ3v) is 3.11. The maximum Gasteiger partial charge on any atom is 0.190 e. The van der Waals surface area contributed by atoms with Crippen LogP contribution in [0, 0.1) is 0 Å². The van der Waals surface area contributed by atoms with E-state index >= 15 is 0 Å². The molecule has 1 aromatic rings. The van der Waals surface area contributed by atoms with Crippen molar-refractivity contribution in [3.8, 4) is 0 Å². The van der Waals surface area contributed by atoms with Crippen molar-refractivity contribution in [2.24, 2.45) is 5.73 Å². The molecule has 3 heteroatoms. The number of ketones is 2. The van der Waals surface area contributed by atoms with Crippen molar-refractivity contribution in [1.29, 1.82) is 0 Å². The minimum absolute atomic E-state index is 0.0221. The van der Waals surface area contributed by atoms with Gasteiger partial charge >= 0.3 is 0 Å². The predicted molar refractivity (Wildman–Crippen MR) is 66.1 cm³/mol. The van der Waals surface area contributed by atoms with E-state index in [1.165, 1.54) is 0 Å². The van der Waals surface area contributed by atoms with Crippen LogP contribution in [-0.4, -0.2) is 18.1 Å². The van der Waals surface area contributed by atoms with Gasteiger partial charge in [-0.25, -0.2) is 0 Å². The fourth-order valence-corrected chi connectivity index (χ4v) is 2.13. The summed E-state index contributed by atoms with van der Waals surface area (Å²) in [6, 6.07) is 6.98.